The third kappa shape index (κ3) is 4.90. The van der Waals surface area contributed by atoms with Gasteiger partial charge in [0.2, 0.25) is 10.0 Å². The Kier molecular flexibility index (Phi) is 5.50. The minimum atomic E-state index is -3.54. The molecule has 0 saturated heterocycles. The topological polar surface area (TPSA) is 79.5 Å². The van der Waals surface area contributed by atoms with Crippen molar-refractivity contribution in [3.05, 3.63) is 87.3 Å². The molecule has 25 heavy (non-hydrogen) atoms. The molecule has 0 spiro atoms. The molecule has 1 atom stereocenters. The largest absolute Gasteiger partial charge is 0.466 e. The molecule has 2 N–H and O–H groups in total. The molecular formula is C18H17NO4S2. The van der Waals surface area contributed by atoms with Gasteiger partial charge in [-0.15, -0.1) is 11.3 Å². The van der Waals surface area contributed by atoms with Crippen LogP contribution in [-0.4, -0.2) is 13.5 Å². The van der Waals surface area contributed by atoms with Crippen LogP contribution in [0, 0.1) is 0 Å². The number of benzene rings is 1. The van der Waals surface area contributed by atoms with Gasteiger partial charge in [-0.1, -0.05) is 30.3 Å². The Labute approximate surface area is 150 Å². The number of thiophene rings is 1. The highest BCUT2D eigenvalue weighted by Crippen LogP contribution is 2.28. The molecule has 1 aromatic carbocycles. The number of hydrogen-bond donors (Lipinski definition) is 2. The molecule has 1 unspecified atom stereocenters. The van der Waals surface area contributed by atoms with E-state index < -0.39 is 16.1 Å². The number of aliphatic hydroxyl groups is 1. The van der Waals surface area contributed by atoms with Gasteiger partial charge in [0.05, 0.1) is 6.26 Å². The van der Waals surface area contributed by atoms with Crippen molar-refractivity contribution < 1.29 is 17.9 Å². The second kappa shape index (κ2) is 7.79. The Hall–Kier alpha value is -2.19. The van der Waals surface area contributed by atoms with Gasteiger partial charge in [0.1, 0.15) is 11.9 Å². The summed E-state index contributed by atoms with van der Waals surface area (Å²) in [6.45, 7) is 0.164. The van der Waals surface area contributed by atoms with Crippen LogP contribution < -0.4 is 4.72 Å². The van der Waals surface area contributed by atoms with Crippen LogP contribution in [0.2, 0.25) is 0 Å². The van der Waals surface area contributed by atoms with E-state index in [-0.39, 0.29) is 6.54 Å². The normalized spacial score (nSPS) is 13.3. The number of furan rings is 1. The van der Waals surface area contributed by atoms with Crippen LogP contribution >= 0.6 is 11.3 Å². The molecule has 0 aliphatic heterocycles. The smallest absolute Gasteiger partial charge is 0.234 e. The van der Waals surface area contributed by atoms with Crippen LogP contribution in [0.15, 0.2) is 70.7 Å². The fourth-order valence-corrected chi connectivity index (χ4v) is 4.00. The molecule has 0 fully saturated rings. The van der Waals surface area contributed by atoms with Crippen molar-refractivity contribution in [2.24, 2.45) is 0 Å². The number of hydrogen-bond acceptors (Lipinski definition) is 5. The fraction of sp³-hybridized carbons (Fsp3) is 0.111. The summed E-state index contributed by atoms with van der Waals surface area (Å²) in [4.78, 5) is 1.50. The number of aliphatic hydroxyl groups excluding tert-OH is 1. The van der Waals surface area contributed by atoms with Crippen molar-refractivity contribution in [3.63, 3.8) is 0 Å². The van der Waals surface area contributed by atoms with Gasteiger partial charge < -0.3 is 9.52 Å². The number of nitrogens with one attached hydrogen (secondary N) is 1. The molecule has 5 nitrogen and oxygen atoms in total. The molecule has 0 amide bonds. The molecule has 2 aromatic heterocycles. The first-order valence-electron chi connectivity index (χ1n) is 7.56. The molecule has 0 bridgehead atoms. The summed E-state index contributed by atoms with van der Waals surface area (Å²) >= 11 is 1.33. The van der Waals surface area contributed by atoms with E-state index in [9.17, 15) is 13.5 Å². The van der Waals surface area contributed by atoms with Gasteiger partial charge in [-0.2, -0.15) is 0 Å². The Morgan fingerprint density at radius 2 is 1.92 bits per heavy atom. The summed E-state index contributed by atoms with van der Waals surface area (Å²) in [5.74, 6) is 0.458. The zero-order chi connectivity index (χ0) is 17.7. The lowest BCUT2D eigenvalue weighted by Gasteiger charge is -2.04. The molecule has 3 rings (SSSR count). The SMILES string of the molecule is O=S(=O)(/C=C/c1ccccc1)NCc1ccc(C(O)c2ccco2)s1. The van der Waals surface area contributed by atoms with Gasteiger partial charge in [-0.25, -0.2) is 13.1 Å². The van der Waals surface area contributed by atoms with Crippen molar-refractivity contribution in [1.29, 1.82) is 0 Å². The van der Waals surface area contributed by atoms with E-state index in [1.54, 1.807) is 30.3 Å². The summed E-state index contributed by atoms with van der Waals surface area (Å²) in [6.07, 6.45) is 2.20. The van der Waals surface area contributed by atoms with Crippen LogP contribution in [0.5, 0.6) is 0 Å². The summed E-state index contributed by atoms with van der Waals surface area (Å²) in [7, 11) is -3.54. The molecule has 2 heterocycles. The minimum absolute atomic E-state index is 0.164. The highest BCUT2D eigenvalue weighted by atomic mass is 32.2. The molecule has 0 aliphatic carbocycles. The van der Waals surface area contributed by atoms with Crippen LogP contribution in [0.4, 0.5) is 0 Å². The van der Waals surface area contributed by atoms with E-state index in [4.69, 9.17) is 4.42 Å². The molecule has 0 radical (unpaired) electrons. The first-order chi connectivity index (χ1) is 12.0. The Balaban J connectivity index is 1.61. The Morgan fingerprint density at radius 1 is 1.12 bits per heavy atom. The monoisotopic (exact) mass is 375 g/mol. The summed E-state index contributed by atoms with van der Waals surface area (Å²) < 4.78 is 31.8. The molecule has 7 heteroatoms. The third-order valence-electron chi connectivity index (χ3n) is 3.45. The third-order valence-corrected chi connectivity index (χ3v) is 5.63. The van der Waals surface area contributed by atoms with Crippen molar-refractivity contribution in [1.82, 2.24) is 4.72 Å². The summed E-state index contributed by atoms with van der Waals surface area (Å²) in [5.41, 5.74) is 0.813. The van der Waals surface area contributed by atoms with Gasteiger partial charge in [-0.3, -0.25) is 0 Å². The van der Waals surface area contributed by atoms with Gasteiger partial charge in [0.25, 0.3) is 0 Å². The Morgan fingerprint density at radius 3 is 2.64 bits per heavy atom. The highest BCUT2D eigenvalue weighted by Gasteiger charge is 2.16. The lowest BCUT2D eigenvalue weighted by atomic mass is 10.2. The second-order valence-electron chi connectivity index (χ2n) is 5.30. The maximum atomic E-state index is 12.0. The fourth-order valence-electron chi connectivity index (χ4n) is 2.18. The average molecular weight is 375 g/mol. The van der Waals surface area contributed by atoms with Crippen LogP contribution in [0.1, 0.15) is 27.2 Å². The van der Waals surface area contributed by atoms with Gasteiger partial charge in [-0.05, 0) is 35.9 Å². The molecular weight excluding hydrogens is 358 g/mol. The standard InChI is InChI=1S/C18H17NO4S2/c20-18(16-7-4-11-23-16)17-9-8-15(24-17)13-19-25(21,22)12-10-14-5-2-1-3-6-14/h1-12,18-20H,13H2/b12-10+. The zero-order valence-corrected chi connectivity index (χ0v) is 14.8. The van der Waals surface area contributed by atoms with E-state index in [1.165, 1.54) is 17.6 Å². The highest BCUT2D eigenvalue weighted by molar-refractivity contribution is 7.92. The maximum Gasteiger partial charge on any atom is 0.234 e. The average Bonchev–Trinajstić information content (AvgIpc) is 3.31. The van der Waals surface area contributed by atoms with E-state index in [0.29, 0.717) is 10.6 Å². The Bertz CT molecular complexity index is 929. The number of sulfonamides is 1. The van der Waals surface area contributed by atoms with Crippen LogP contribution in [0.3, 0.4) is 0 Å². The quantitative estimate of drug-likeness (QED) is 0.662. The van der Waals surface area contributed by atoms with Crippen molar-refractivity contribution in [2.45, 2.75) is 12.6 Å². The minimum Gasteiger partial charge on any atom is -0.466 e. The summed E-state index contributed by atoms with van der Waals surface area (Å²) in [6, 6.07) is 16.2. The van der Waals surface area contributed by atoms with E-state index in [2.05, 4.69) is 4.72 Å². The van der Waals surface area contributed by atoms with Crippen molar-refractivity contribution in [2.75, 3.05) is 0 Å². The predicted molar refractivity (Wildman–Crippen MR) is 98.3 cm³/mol. The summed E-state index contributed by atoms with van der Waals surface area (Å²) in [5, 5.41) is 11.3. The number of rotatable bonds is 7. The van der Waals surface area contributed by atoms with Crippen molar-refractivity contribution >= 4 is 27.4 Å². The van der Waals surface area contributed by atoms with Crippen LogP contribution in [0.25, 0.3) is 6.08 Å². The second-order valence-corrected chi connectivity index (χ2v) is 8.15. The predicted octanol–water partition coefficient (Wildman–Crippen LogP) is 3.51. The van der Waals surface area contributed by atoms with Crippen LogP contribution in [-0.2, 0) is 16.6 Å². The van der Waals surface area contributed by atoms with E-state index >= 15 is 0 Å². The van der Waals surface area contributed by atoms with Gasteiger partial charge in [0, 0.05) is 21.7 Å². The molecule has 0 aliphatic rings. The van der Waals surface area contributed by atoms with E-state index in [0.717, 1.165) is 15.8 Å². The van der Waals surface area contributed by atoms with E-state index in [1.807, 2.05) is 30.3 Å². The lowest BCUT2D eigenvalue weighted by Crippen LogP contribution is -2.19. The lowest BCUT2D eigenvalue weighted by molar-refractivity contribution is 0.193. The molecule has 0 saturated carbocycles. The first-order valence-corrected chi connectivity index (χ1v) is 9.93. The zero-order valence-electron chi connectivity index (χ0n) is 13.2. The maximum absolute atomic E-state index is 12.0. The van der Waals surface area contributed by atoms with Gasteiger partial charge in [0.15, 0.2) is 0 Å². The molecule has 3 aromatic rings. The first kappa shape index (κ1) is 17.6. The molecule has 130 valence electrons. The van der Waals surface area contributed by atoms with Crippen molar-refractivity contribution in [3.8, 4) is 0 Å². The van der Waals surface area contributed by atoms with Gasteiger partial charge >= 0.3 is 0 Å².